The Bertz CT molecular complexity index is 1250. The number of benzene rings is 1. The van der Waals surface area contributed by atoms with Crippen molar-refractivity contribution >= 4 is 22.7 Å². The van der Waals surface area contributed by atoms with Gasteiger partial charge in [-0.2, -0.15) is 0 Å². The van der Waals surface area contributed by atoms with Gasteiger partial charge in [0.1, 0.15) is 11.3 Å². The Labute approximate surface area is 201 Å². The van der Waals surface area contributed by atoms with Crippen LogP contribution in [0.5, 0.6) is 5.75 Å². The first-order chi connectivity index (χ1) is 17.3. The lowest BCUT2D eigenvalue weighted by Gasteiger charge is -2.31. The van der Waals surface area contributed by atoms with Gasteiger partial charge in [0, 0.05) is 55.7 Å². The summed E-state index contributed by atoms with van der Waals surface area (Å²) < 4.78 is 12.0. The molecule has 3 aromatic heterocycles. The van der Waals surface area contributed by atoms with Crippen LogP contribution < -0.4 is 15.0 Å². The molecule has 2 aliphatic rings. The number of nitrogens with zero attached hydrogens (tertiary/aromatic N) is 8. The summed E-state index contributed by atoms with van der Waals surface area (Å²) in [6.07, 6.45) is 10.8. The zero-order chi connectivity index (χ0) is 23.5. The van der Waals surface area contributed by atoms with Gasteiger partial charge in [0.25, 0.3) is 0 Å². The van der Waals surface area contributed by atoms with Gasteiger partial charge in [0.15, 0.2) is 5.82 Å². The smallest absolute Gasteiger partial charge is 0.222 e. The van der Waals surface area contributed by atoms with E-state index in [1.807, 2.05) is 0 Å². The molecule has 2 fully saturated rings. The largest absolute Gasteiger partial charge is 0.488 e. The Morgan fingerprint density at radius 1 is 0.971 bits per heavy atom. The van der Waals surface area contributed by atoms with E-state index in [9.17, 15) is 0 Å². The van der Waals surface area contributed by atoms with E-state index in [1.165, 1.54) is 0 Å². The molecule has 1 saturated carbocycles. The van der Waals surface area contributed by atoms with Crippen LogP contribution in [0.3, 0.4) is 0 Å². The second kappa shape index (κ2) is 9.74. The third-order valence-corrected chi connectivity index (χ3v) is 6.47. The first kappa shape index (κ1) is 21.6. The fourth-order valence-electron chi connectivity index (χ4n) is 4.62. The highest BCUT2D eigenvalue weighted by Crippen LogP contribution is 2.33. The number of nitrogens with one attached hydrogen (secondary N) is 2. The molecule has 4 heterocycles. The summed E-state index contributed by atoms with van der Waals surface area (Å²) >= 11 is 0. The van der Waals surface area contributed by atoms with Crippen LogP contribution in [0.4, 0.5) is 11.6 Å². The summed E-state index contributed by atoms with van der Waals surface area (Å²) in [5, 5.41) is 17.2. The minimum absolute atomic E-state index is 0.125. The van der Waals surface area contributed by atoms with E-state index in [0.29, 0.717) is 17.8 Å². The molecule has 180 valence electrons. The number of aromatic amines is 1. The lowest BCUT2D eigenvalue weighted by molar-refractivity contribution is 0.122. The first-order valence-electron chi connectivity index (χ1n) is 11.9. The van der Waals surface area contributed by atoms with Crippen LogP contribution in [-0.2, 0) is 4.74 Å². The number of hydrogen-bond donors (Lipinski definition) is 2. The molecule has 12 nitrogen and oxygen atoms in total. The normalized spacial score (nSPS) is 20.6. The molecule has 1 aromatic carbocycles. The molecule has 0 spiro atoms. The molecule has 0 unspecified atom stereocenters. The molecule has 12 heteroatoms. The summed E-state index contributed by atoms with van der Waals surface area (Å²) in [6.45, 7) is 3.19. The van der Waals surface area contributed by atoms with Crippen molar-refractivity contribution in [2.45, 2.75) is 37.8 Å². The predicted octanol–water partition coefficient (Wildman–Crippen LogP) is 2.24. The van der Waals surface area contributed by atoms with Crippen LogP contribution in [0.15, 0.2) is 36.9 Å². The van der Waals surface area contributed by atoms with Crippen LogP contribution in [0.2, 0.25) is 0 Å². The van der Waals surface area contributed by atoms with Gasteiger partial charge >= 0.3 is 0 Å². The van der Waals surface area contributed by atoms with Crippen molar-refractivity contribution in [3.63, 3.8) is 0 Å². The second-order valence-corrected chi connectivity index (χ2v) is 8.75. The SMILES string of the molecule is c1cnc2c(O[C@H]3CC[C@@H](Nc4ncc(-c5nnn[nH]5)cn4)CC3)cc(N3CCOCC3)cc2n1. The number of hydrogen-bond acceptors (Lipinski definition) is 11. The van der Waals surface area contributed by atoms with Gasteiger partial charge in [0.2, 0.25) is 5.95 Å². The average molecular weight is 475 g/mol. The standard InChI is InChI=1S/C23H26N10O2/c1-3-18(4-2-16(1)28-23-26-13-15(14-27-23)22-29-31-32-30-22)35-20-12-17(33-7-9-34-10-8-33)11-19-21(20)25-6-5-24-19/h5-6,11-14,16,18H,1-4,7-10H2,(H,26,27,28)(H,29,30,31,32)/t16-,18+. The third-order valence-electron chi connectivity index (χ3n) is 6.47. The van der Waals surface area contributed by atoms with E-state index in [-0.39, 0.29) is 6.10 Å². The molecule has 1 saturated heterocycles. The minimum atomic E-state index is 0.125. The molecular weight excluding hydrogens is 448 g/mol. The van der Waals surface area contributed by atoms with Gasteiger partial charge in [-0.15, -0.1) is 5.10 Å². The molecule has 4 aromatic rings. The Kier molecular flexibility index (Phi) is 6.01. The van der Waals surface area contributed by atoms with E-state index < -0.39 is 0 Å². The van der Waals surface area contributed by atoms with Crippen molar-refractivity contribution in [3.05, 3.63) is 36.9 Å². The molecule has 6 rings (SSSR count). The lowest BCUT2D eigenvalue weighted by atomic mass is 9.93. The Hall–Kier alpha value is -3.93. The fraction of sp³-hybridized carbons (Fsp3) is 0.435. The number of anilines is 2. The summed E-state index contributed by atoms with van der Waals surface area (Å²) in [7, 11) is 0. The maximum Gasteiger partial charge on any atom is 0.222 e. The minimum Gasteiger partial charge on any atom is -0.488 e. The molecule has 2 N–H and O–H groups in total. The van der Waals surface area contributed by atoms with Gasteiger partial charge in [-0.3, -0.25) is 4.98 Å². The lowest BCUT2D eigenvalue weighted by Crippen LogP contribution is -2.36. The fourth-order valence-corrected chi connectivity index (χ4v) is 4.62. The maximum absolute atomic E-state index is 6.51. The average Bonchev–Trinajstić information content (AvgIpc) is 3.46. The van der Waals surface area contributed by atoms with Crippen LogP contribution in [0.25, 0.3) is 22.4 Å². The highest BCUT2D eigenvalue weighted by atomic mass is 16.5. The number of rotatable bonds is 6. The molecule has 1 aliphatic heterocycles. The quantitative estimate of drug-likeness (QED) is 0.425. The molecular formula is C23H26N10O2. The first-order valence-corrected chi connectivity index (χ1v) is 11.9. The molecule has 1 aliphatic carbocycles. The Balaban J connectivity index is 1.10. The molecule has 35 heavy (non-hydrogen) atoms. The summed E-state index contributed by atoms with van der Waals surface area (Å²) in [5.74, 6) is 1.95. The van der Waals surface area contributed by atoms with Gasteiger partial charge in [-0.25, -0.2) is 20.1 Å². The van der Waals surface area contributed by atoms with Crippen LogP contribution in [-0.4, -0.2) is 79.0 Å². The summed E-state index contributed by atoms with van der Waals surface area (Å²) in [5.41, 5.74) is 3.50. The summed E-state index contributed by atoms with van der Waals surface area (Å²) in [4.78, 5) is 20.2. The molecule has 0 amide bonds. The highest BCUT2D eigenvalue weighted by molar-refractivity contribution is 5.85. The Morgan fingerprint density at radius 2 is 1.77 bits per heavy atom. The van der Waals surface area contributed by atoms with E-state index in [0.717, 1.165) is 80.0 Å². The summed E-state index contributed by atoms with van der Waals surface area (Å²) in [6, 6.07) is 4.49. The predicted molar refractivity (Wildman–Crippen MR) is 128 cm³/mol. The monoisotopic (exact) mass is 474 g/mol. The molecule has 0 bridgehead atoms. The molecule has 0 radical (unpaired) electrons. The second-order valence-electron chi connectivity index (χ2n) is 8.75. The van der Waals surface area contributed by atoms with Gasteiger partial charge in [-0.05, 0) is 42.2 Å². The van der Waals surface area contributed by atoms with Crippen molar-refractivity contribution in [2.75, 3.05) is 36.5 Å². The zero-order valence-electron chi connectivity index (χ0n) is 19.2. The van der Waals surface area contributed by atoms with Crippen LogP contribution >= 0.6 is 0 Å². The highest BCUT2D eigenvalue weighted by Gasteiger charge is 2.24. The Morgan fingerprint density at radius 3 is 2.54 bits per heavy atom. The van der Waals surface area contributed by atoms with Gasteiger partial charge < -0.3 is 19.7 Å². The van der Waals surface area contributed by atoms with Crippen LogP contribution in [0, 0.1) is 0 Å². The number of ether oxygens (including phenoxy) is 2. The third kappa shape index (κ3) is 4.83. The zero-order valence-corrected chi connectivity index (χ0v) is 19.2. The van der Waals surface area contributed by atoms with Crippen LogP contribution in [0.1, 0.15) is 25.7 Å². The van der Waals surface area contributed by atoms with Gasteiger partial charge in [-0.1, -0.05) is 0 Å². The van der Waals surface area contributed by atoms with E-state index in [2.05, 4.69) is 62.9 Å². The van der Waals surface area contributed by atoms with Crippen molar-refractivity contribution < 1.29 is 9.47 Å². The van der Waals surface area contributed by atoms with Crippen molar-refractivity contribution in [3.8, 4) is 17.1 Å². The number of H-pyrrole nitrogens is 1. The number of aromatic nitrogens is 8. The number of fused-ring (bicyclic) bond motifs is 1. The van der Waals surface area contributed by atoms with Crippen molar-refractivity contribution in [1.82, 2.24) is 40.6 Å². The maximum atomic E-state index is 6.51. The molecule has 0 atom stereocenters. The van der Waals surface area contributed by atoms with E-state index in [1.54, 1.807) is 24.8 Å². The topological polar surface area (TPSA) is 140 Å². The number of morpholine rings is 1. The van der Waals surface area contributed by atoms with Gasteiger partial charge in [0.05, 0.1) is 30.4 Å². The van der Waals surface area contributed by atoms with E-state index in [4.69, 9.17) is 9.47 Å². The van der Waals surface area contributed by atoms with Crippen molar-refractivity contribution in [1.29, 1.82) is 0 Å². The number of tetrazole rings is 1. The van der Waals surface area contributed by atoms with Crippen molar-refractivity contribution in [2.24, 2.45) is 0 Å². The van der Waals surface area contributed by atoms with E-state index >= 15 is 0 Å².